The Morgan fingerprint density at radius 3 is 2.28 bits per heavy atom. The molecule has 2 amide bonds. The van der Waals surface area contributed by atoms with E-state index in [1.165, 1.54) is 0 Å². The topological polar surface area (TPSA) is 49.4 Å². The fourth-order valence-electron chi connectivity index (χ4n) is 3.80. The number of amides is 2. The van der Waals surface area contributed by atoms with Crippen LogP contribution in [0.5, 0.6) is 0 Å². The monoisotopic (exact) mass is 394 g/mol. The van der Waals surface area contributed by atoms with E-state index in [4.69, 9.17) is 0 Å². The van der Waals surface area contributed by atoms with E-state index in [0.717, 1.165) is 29.0 Å². The van der Waals surface area contributed by atoms with Crippen molar-refractivity contribution < 1.29 is 18.4 Å². The van der Waals surface area contributed by atoms with Crippen molar-refractivity contribution in [3.63, 3.8) is 0 Å². The van der Waals surface area contributed by atoms with E-state index in [1.807, 2.05) is 42.5 Å². The first-order valence-corrected chi connectivity index (χ1v) is 9.55. The van der Waals surface area contributed by atoms with E-state index in [1.54, 1.807) is 4.90 Å². The number of carbonyl (C=O) groups is 2. The molecule has 6 heteroatoms. The van der Waals surface area contributed by atoms with E-state index in [0.29, 0.717) is 31.5 Å². The minimum absolute atomic E-state index is 0.0483. The Labute approximate surface area is 167 Å². The van der Waals surface area contributed by atoms with Crippen LogP contribution in [0, 0.1) is 17.6 Å². The van der Waals surface area contributed by atoms with Gasteiger partial charge in [-0.05, 0) is 41.8 Å². The number of anilines is 1. The zero-order valence-electron chi connectivity index (χ0n) is 15.7. The van der Waals surface area contributed by atoms with Gasteiger partial charge in [-0.1, -0.05) is 36.4 Å². The normalized spacial score (nSPS) is 14.8. The van der Waals surface area contributed by atoms with E-state index < -0.39 is 11.6 Å². The molecule has 4 rings (SSSR count). The number of likely N-dealkylation sites (tertiary alicyclic amines) is 1. The van der Waals surface area contributed by atoms with Crippen LogP contribution in [0.4, 0.5) is 14.5 Å². The second-order valence-electron chi connectivity index (χ2n) is 7.24. The van der Waals surface area contributed by atoms with E-state index in [-0.39, 0.29) is 23.4 Å². The number of rotatable bonds is 3. The van der Waals surface area contributed by atoms with Gasteiger partial charge in [0.25, 0.3) is 5.91 Å². The molecule has 4 nitrogen and oxygen atoms in total. The van der Waals surface area contributed by atoms with Crippen LogP contribution < -0.4 is 5.32 Å². The average Bonchev–Trinajstić information content (AvgIpc) is 2.72. The summed E-state index contributed by atoms with van der Waals surface area (Å²) in [6, 6.07) is 16.3. The number of nitrogens with one attached hydrogen (secondary N) is 1. The van der Waals surface area contributed by atoms with Crippen molar-refractivity contribution in [1.82, 2.24) is 4.90 Å². The van der Waals surface area contributed by atoms with E-state index >= 15 is 0 Å². The zero-order chi connectivity index (χ0) is 20.4. The third-order valence-corrected chi connectivity index (χ3v) is 5.30. The quantitative estimate of drug-likeness (QED) is 0.705. The first kappa shape index (κ1) is 19.1. The number of hydrogen-bond donors (Lipinski definition) is 1. The lowest BCUT2D eigenvalue weighted by atomic mass is 9.94. The Kier molecular flexibility index (Phi) is 5.25. The van der Waals surface area contributed by atoms with Crippen molar-refractivity contribution in [2.45, 2.75) is 12.8 Å². The van der Waals surface area contributed by atoms with Crippen LogP contribution in [-0.2, 0) is 4.79 Å². The lowest BCUT2D eigenvalue weighted by Gasteiger charge is -2.31. The molecule has 3 aromatic carbocycles. The molecule has 0 aromatic heterocycles. The van der Waals surface area contributed by atoms with Gasteiger partial charge in [-0.2, -0.15) is 0 Å². The summed E-state index contributed by atoms with van der Waals surface area (Å²) in [5.41, 5.74) is 0.753. The van der Waals surface area contributed by atoms with Crippen LogP contribution in [0.15, 0.2) is 60.7 Å². The summed E-state index contributed by atoms with van der Waals surface area (Å²) in [6.07, 6.45) is 1.00. The molecule has 3 aromatic rings. The second-order valence-corrected chi connectivity index (χ2v) is 7.24. The number of nitrogens with zero attached hydrogens (tertiary/aromatic N) is 1. The second kappa shape index (κ2) is 7.99. The van der Waals surface area contributed by atoms with Crippen LogP contribution in [-0.4, -0.2) is 29.8 Å². The Bertz CT molecular complexity index is 1050. The summed E-state index contributed by atoms with van der Waals surface area (Å²) >= 11 is 0. The number of piperidine rings is 1. The van der Waals surface area contributed by atoms with Crippen LogP contribution in [0.25, 0.3) is 10.8 Å². The molecule has 1 N–H and O–H groups in total. The molecule has 1 aliphatic heterocycles. The highest BCUT2D eigenvalue weighted by Crippen LogP contribution is 2.24. The Balaban J connectivity index is 1.41. The SMILES string of the molecule is O=C(Nc1cc(F)cc(F)c1)C1CCN(C(=O)c2cccc3ccccc23)CC1. The summed E-state index contributed by atoms with van der Waals surface area (Å²) in [4.78, 5) is 27.2. The molecule has 0 spiro atoms. The fourth-order valence-corrected chi connectivity index (χ4v) is 3.80. The summed E-state index contributed by atoms with van der Waals surface area (Å²) in [7, 11) is 0. The number of hydrogen-bond acceptors (Lipinski definition) is 2. The average molecular weight is 394 g/mol. The number of benzene rings is 3. The summed E-state index contributed by atoms with van der Waals surface area (Å²) in [5, 5.41) is 4.49. The third-order valence-electron chi connectivity index (χ3n) is 5.30. The number of carbonyl (C=O) groups excluding carboxylic acids is 2. The molecule has 1 fully saturated rings. The largest absolute Gasteiger partial charge is 0.339 e. The van der Waals surface area contributed by atoms with Gasteiger partial charge in [0, 0.05) is 36.3 Å². The maximum Gasteiger partial charge on any atom is 0.254 e. The van der Waals surface area contributed by atoms with Gasteiger partial charge in [0.15, 0.2) is 0 Å². The van der Waals surface area contributed by atoms with Gasteiger partial charge >= 0.3 is 0 Å². The first-order valence-electron chi connectivity index (χ1n) is 9.55. The minimum atomic E-state index is -0.740. The van der Waals surface area contributed by atoms with E-state index in [9.17, 15) is 18.4 Å². The first-order chi connectivity index (χ1) is 14.0. The predicted molar refractivity (Wildman–Crippen MR) is 108 cm³/mol. The highest BCUT2D eigenvalue weighted by Gasteiger charge is 2.28. The van der Waals surface area contributed by atoms with Crippen LogP contribution in [0.3, 0.4) is 0 Å². The third kappa shape index (κ3) is 4.11. The molecule has 0 unspecified atom stereocenters. The summed E-state index contributed by atoms with van der Waals surface area (Å²) in [6.45, 7) is 0.912. The molecular weight excluding hydrogens is 374 g/mol. The lowest BCUT2D eigenvalue weighted by Crippen LogP contribution is -2.41. The molecule has 29 heavy (non-hydrogen) atoms. The molecule has 1 heterocycles. The van der Waals surface area contributed by atoms with Crippen molar-refractivity contribution in [2.75, 3.05) is 18.4 Å². The van der Waals surface area contributed by atoms with Gasteiger partial charge < -0.3 is 10.2 Å². The molecule has 0 atom stereocenters. The zero-order valence-corrected chi connectivity index (χ0v) is 15.7. The summed E-state index contributed by atoms with van der Waals surface area (Å²) in [5.74, 6) is -2.12. The molecule has 0 saturated carbocycles. The molecule has 1 saturated heterocycles. The molecule has 0 bridgehead atoms. The Morgan fingerprint density at radius 2 is 1.55 bits per heavy atom. The molecule has 1 aliphatic rings. The van der Waals surface area contributed by atoms with Crippen molar-refractivity contribution in [1.29, 1.82) is 0 Å². The molecule has 0 aliphatic carbocycles. The predicted octanol–water partition coefficient (Wildman–Crippen LogP) is 4.61. The minimum Gasteiger partial charge on any atom is -0.339 e. The van der Waals surface area contributed by atoms with Crippen molar-refractivity contribution in [3.8, 4) is 0 Å². The van der Waals surface area contributed by atoms with Crippen LogP contribution in [0.1, 0.15) is 23.2 Å². The molecule has 148 valence electrons. The fraction of sp³-hybridized carbons (Fsp3) is 0.217. The summed E-state index contributed by atoms with van der Waals surface area (Å²) < 4.78 is 26.6. The maximum absolute atomic E-state index is 13.3. The van der Waals surface area contributed by atoms with Gasteiger partial charge in [-0.15, -0.1) is 0 Å². The van der Waals surface area contributed by atoms with Gasteiger partial charge in [-0.25, -0.2) is 8.78 Å². The number of fused-ring (bicyclic) bond motifs is 1. The van der Waals surface area contributed by atoms with Crippen molar-refractivity contribution >= 4 is 28.3 Å². The van der Waals surface area contributed by atoms with Crippen molar-refractivity contribution in [2.24, 2.45) is 5.92 Å². The molecular formula is C23H20F2N2O2. The van der Waals surface area contributed by atoms with Gasteiger partial charge in [0.2, 0.25) is 5.91 Å². The number of halogens is 2. The highest BCUT2D eigenvalue weighted by atomic mass is 19.1. The lowest BCUT2D eigenvalue weighted by molar-refractivity contribution is -0.121. The van der Waals surface area contributed by atoms with E-state index in [2.05, 4.69) is 5.32 Å². The van der Waals surface area contributed by atoms with Gasteiger partial charge in [0.1, 0.15) is 11.6 Å². The standard InChI is InChI=1S/C23H20F2N2O2/c24-17-12-18(25)14-19(13-17)26-22(28)16-8-10-27(11-9-16)23(29)21-7-3-5-15-4-1-2-6-20(15)21/h1-7,12-14,16H,8-11H2,(H,26,28). The van der Waals surface area contributed by atoms with Crippen molar-refractivity contribution in [3.05, 3.63) is 77.9 Å². The van der Waals surface area contributed by atoms with Gasteiger partial charge in [-0.3, -0.25) is 9.59 Å². The van der Waals surface area contributed by atoms with Crippen LogP contribution in [0.2, 0.25) is 0 Å². The van der Waals surface area contributed by atoms with Gasteiger partial charge in [0.05, 0.1) is 0 Å². The Morgan fingerprint density at radius 1 is 0.897 bits per heavy atom. The van der Waals surface area contributed by atoms with Crippen LogP contribution >= 0.6 is 0 Å². The highest BCUT2D eigenvalue weighted by molar-refractivity contribution is 6.07. The molecule has 0 radical (unpaired) electrons. The maximum atomic E-state index is 13.3. The smallest absolute Gasteiger partial charge is 0.254 e. The Hall–Kier alpha value is -3.28.